The molecular weight excluding hydrogens is 581 g/mol. The van der Waals surface area contributed by atoms with Crippen molar-refractivity contribution in [3.05, 3.63) is 54.2 Å². The molecule has 2 saturated heterocycles. The Bertz CT molecular complexity index is 1320. The Hall–Kier alpha value is -2.02. The van der Waals surface area contributed by atoms with E-state index in [0.29, 0.717) is 44.5 Å². The van der Waals surface area contributed by atoms with E-state index in [1.54, 1.807) is 51.2 Å². The number of sulfonamides is 1. The van der Waals surface area contributed by atoms with Gasteiger partial charge in [-0.1, -0.05) is 18.2 Å². The summed E-state index contributed by atoms with van der Waals surface area (Å²) in [7, 11) is -3.72. The van der Waals surface area contributed by atoms with Crippen molar-refractivity contribution in [2.45, 2.75) is 43.2 Å². The number of benzene rings is 2. The molecule has 3 aromatic rings. The molecule has 1 aromatic heterocycles. The number of fused-ring (bicyclic) bond motifs is 1. The Morgan fingerprint density at radius 3 is 2.57 bits per heavy atom. The van der Waals surface area contributed by atoms with Crippen molar-refractivity contribution in [2.24, 2.45) is 5.92 Å². The lowest BCUT2D eigenvalue weighted by atomic mass is 9.97. The molecular formula is C25H28IN3O5S. The molecule has 0 aliphatic carbocycles. The molecule has 0 bridgehead atoms. The fourth-order valence-electron chi connectivity index (χ4n) is 5.06. The average Bonchev–Trinajstić information content (AvgIpc) is 3.39. The number of aromatic nitrogens is 2. The predicted octanol–water partition coefficient (Wildman–Crippen LogP) is 3.98. The first-order valence-electron chi connectivity index (χ1n) is 11.8. The summed E-state index contributed by atoms with van der Waals surface area (Å²) in [6, 6.07) is 14.2. The van der Waals surface area contributed by atoms with Gasteiger partial charge in [-0.2, -0.15) is 9.40 Å². The third-order valence-electron chi connectivity index (χ3n) is 6.74. The van der Waals surface area contributed by atoms with Crippen molar-refractivity contribution in [1.29, 1.82) is 0 Å². The second kappa shape index (κ2) is 10.2. The Morgan fingerprint density at radius 1 is 1.17 bits per heavy atom. The van der Waals surface area contributed by atoms with Gasteiger partial charge in [0.25, 0.3) is 0 Å². The Labute approximate surface area is 218 Å². The van der Waals surface area contributed by atoms with E-state index in [4.69, 9.17) is 14.6 Å². The second-order valence-corrected chi connectivity index (χ2v) is 12.2. The van der Waals surface area contributed by atoms with E-state index in [9.17, 15) is 13.2 Å². The molecule has 0 amide bonds. The van der Waals surface area contributed by atoms with Crippen LogP contribution < -0.4 is 4.74 Å². The van der Waals surface area contributed by atoms with Gasteiger partial charge in [-0.3, -0.25) is 9.48 Å². The molecule has 2 atom stereocenters. The number of hydrogen-bond donors (Lipinski definition) is 0. The van der Waals surface area contributed by atoms with Crippen LogP contribution in [0, 0.1) is 5.92 Å². The molecule has 2 aliphatic rings. The third kappa shape index (κ3) is 4.98. The van der Waals surface area contributed by atoms with Crippen molar-refractivity contribution in [2.75, 3.05) is 26.4 Å². The lowest BCUT2D eigenvalue weighted by Crippen LogP contribution is -2.40. The van der Waals surface area contributed by atoms with Gasteiger partial charge in [0.15, 0.2) is 3.79 Å². The maximum absolute atomic E-state index is 13.8. The quantitative estimate of drug-likeness (QED) is 0.270. The third-order valence-corrected chi connectivity index (χ3v) is 9.05. The molecule has 186 valence electrons. The average molecular weight is 609 g/mol. The topological polar surface area (TPSA) is 90.7 Å². The van der Waals surface area contributed by atoms with Gasteiger partial charge in [-0.05, 0) is 72.7 Å². The minimum Gasteiger partial charge on any atom is -0.494 e. The van der Waals surface area contributed by atoms with Crippen molar-refractivity contribution in [3.63, 3.8) is 0 Å². The zero-order valence-corrected chi connectivity index (χ0v) is 22.4. The summed E-state index contributed by atoms with van der Waals surface area (Å²) < 4.78 is 42.0. The van der Waals surface area contributed by atoms with E-state index < -0.39 is 10.0 Å². The van der Waals surface area contributed by atoms with Crippen LogP contribution >= 0.6 is 22.6 Å². The van der Waals surface area contributed by atoms with E-state index in [1.165, 1.54) is 0 Å². The summed E-state index contributed by atoms with van der Waals surface area (Å²) in [5, 5.41) is 5.75. The van der Waals surface area contributed by atoms with Gasteiger partial charge in [0.05, 0.1) is 48.4 Å². The van der Waals surface area contributed by atoms with Crippen LogP contribution in [-0.4, -0.2) is 58.7 Å². The summed E-state index contributed by atoms with van der Waals surface area (Å²) in [5.41, 5.74) is 1.66. The van der Waals surface area contributed by atoms with Crippen LogP contribution in [0.4, 0.5) is 0 Å². The van der Waals surface area contributed by atoms with Crippen molar-refractivity contribution < 1.29 is 22.7 Å². The molecule has 2 aromatic carbocycles. The van der Waals surface area contributed by atoms with Crippen LogP contribution in [0.25, 0.3) is 10.9 Å². The summed E-state index contributed by atoms with van der Waals surface area (Å²) in [4.78, 5) is 12.1. The number of para-hydroxylation sites is 1. The number of carbonyl (C=O) groups is 1. The van der Waals surface area contributed by atoms with Crippen LogP contribution in [0.3, 0.4) is 0 Å². The number of ether oxygens (including phenoxy) is 2. The molecule has 0 unspecified atom stereocenters. The summed E-state index contributed by atoms with van der Waals surface area (Å²) in [6.07, 6.45) is 1.67. The number of rotatable bonds is 9. The highest BCUT2D eigenvalue weighted by Gasteiger charge is 2.43. The molecule has 0 saturated carbocycles. The molecule has 5 rings (SSSR count). The molecule has 3 heterocycles. The van der Waals surface area contributed by atoms with E-state index in [2.05, 4.69) is 0 Å². The van der Waals surface area contributed by atoms with Gasteiger partial charge in [0, 0.05) is 23.9 Å². The minimum atomic E-state index is -3.72. The van der Waals surface area contributed by atoms with Crippen molar-refractivity contribution >= 4 is 47.3 Å². The minimum absolute atomic E-state index is 0.0204. The Morgan fingerprint density at radius 2 is 1.91 bits per heavy atom. The molecule has 2 aliphatic heterocycles. The molecule has 8 nitrogen and oxygen atoms in total. The number of halogens is 1. The summed E-state index contributed by atoms with van der Waals surface area (Å²) in [6.45, 7) is 4.09. The second-order valence-electron chi connectivity index (χ2n) is 9.10. The van der Waals surface area contributed by atoms with Gasteiger partial charge < -0.3 is 9.47 Å². The highest BCUT2D eigenvalue weighted by molar-refractivity contribution is 14.1. The molecule has 0 spiro atoms. The van der Waals surface area contributed by atoms with Crippen LogP contribution in [-0.2, 0) is 26.0 Å². The molecule has 10 heteroatoms. The maximum atomic E-state index is 13.8. The highest BCUT2D eigenvalue weighted by Crippen LogP contribution is 2.38. The molecule has 0 radical (unpaired) electrons. The maximum Gasteiger partial charge on any atom is 0.243 e. The standard InChI is InChI=1S/C25H28IN3O5S/c1-2-34-20-7-9-21(10-8-20)35(31,32)28-14-19(12-18(28)11-17-15-33-16-17)29-24-6-4-3-5-22(24)23(27-29)13-25(26)30/h3-10,17-19H,2,11-16H2,1H3/t18-,19+/m0/s1. The molecule has 2 fully saturated rings. The van der Waals surface area contributed by atoms with Gasteiger partial charge in [0.2, 0.25) is 10.0 Å². The normalized spacial score (nSPS) is 21.3. The molecule has 0 N–H and O–H groups in total. The predicted molar refractivity (Wildman–Crippen MR) is 140 cm³/mol. The first kappa shape index (κ1) is 24.7. The van der Waals surface area contributed by atoms with E-state index in [1.807, 2.05) is 35.9 Å². The van der Waals surface area contributed by atoms with Gasteiger partial charge in [-0.25, -0.2) is 8.42 Å². The molecule has 35 heavy (non-hydrogen) atoms. The lowest BCUT2D eigenvalue weighted by Gasteiger charge is -2.31. The number of nitrogens with zero attached hydrogens (tertiary/aromatic N) is 3. The van der Waals surface area contributed by atoms with Crippen LogP contribution in [0.5, 0.6) is 5.75 Å². The summed E-state index contributed by atoms with van der Waals surface area (Å²) in [5.74, 6) is 1.01. The van der Waals surface area contributed by atoms with E-state index in [-0.39, 0.29) is 27.2 Å². The lowest BCUT2D eigenvalue weighted by molar-refractivity contribution is -0.108. The smallest absolute Gasteiger partial charge is 0.243 e. The van der Waals surface area contributed by atoms with Crippen molar-refractivity contribution in [3.8, 4) is 5.75 Å². The van der Waals surface area contributed by atoms with Gasteiger partial charge in [0.1, 0.15) is 5.75 Å². The van der Waals surface area contributed by atoms with Crippen LogP contribution in [0.2, 0.25) is 0 Å². The largest absolute Gasteiger partial charge is 0.494 e. The zero-order chi connectivity index (χ0) is 24.6. The SMILES string of the molecule is CCOc1ccc(S(=O)(=O)N2C[C@H](n3nc(CC(=O)I)c4ccccc43)C[C@@H]2CC2COC2)cc1. The monoisotopic (exact) mass is 609 g/mol. The van der Waals surface area contributed by atoms with E-state index in [0.717, 1.165) is 23.0 Å². The first-order valence-corrected chi connectivity index (χ1v) is 14.4. The van der Waals surface area contributed by atoms with Crippen LogP contribution in [0.1, 0.15) is 31.5 Å². The van der Waals surface area contributed by atoms with Gasteiger partial charge in [-0.15, -0.1) is 0 Å². The summed E-state index contributed by atoms with van der Waals surface area (Å²) >= 11 is 1.79. The zero-order valence-electron chi connectivity index (χ0n) is 19.5. The fraction of sp³-hybridized carbons (Fsp3) is 0.440. The number of hydrogen-bond acceptors (Lipinski definition) is 6. The van der Waals surface area contributed by atoms with Crippen LogP contribution in [0.15, 0.2) is 53.4 Å². The first-order chi connectivity index (χ1) is 16.9. The van der Waals surface area contributed by atoms with Gasteiger partial charge >= 0.3 is 0 Å². The van der Waals surface area contributed by atoms with Crippen molar-refractivity contribution in [1.82, 2.24) is 14.1 Å². The Kier molecular flexibility index (Phi) is 7.16. The Balaban J connectivity index is 1.48. The number of carbonyl (C=O) groups excluding carboxylic acids is 1. The highest BCUT2D eigenvalue weighted by atomic mass is 127. The fourth-order valence-corrected chi connectivity index (χ4v) is 7.10. The van der Waals surface area contributed by atoms with E-state index >= 15 is 0 Å².